The number of hydrogen-bond donors (Lipinski definition) is 1. The summed E-state index contributed by atoms with van der Waals surface area (Å²) in [5, 5.41) is 3.36. The van der Waals surface area contributed by atoms with Crippen molar-refractivity contribution in [1.82, 2.24) is 10.3 Å². The summed E-state index contributed by atoms with van der Waals surface area (Å²) in [5.41, 5.74) is 1.02. The number of halogens is 2. The normalized spacial score (nSPS) is 12.8. The van der Waals surface area contributed by atoms with E-state index in [-0.39, 0.29) is 0 Å². The van der Waals surface area contributed by atoms with E-state index < -0.39 is 0 Å². The van der Waals surface area contributed by atoms with Gasteiger partial charge in [0.1, 0.15) is 0 Å². The monoisotopic (exact) mass is 350 g/mol. The summed E-state index contributed by atoms with van der Waals surface area (Å²) >= 11 is 6.87. The van der Waals surface area contributed by atoms with Crippen molar-refractivity contribution in [3.8, 4) is 0 Å². The molecule has 0 spiro atoms. The SMILES string of the molecule is COCC(C)CNCc1ncc(Br)cc1Br. The molecule has 0 amide bonds. The minimum atomic E-state index is 0.513. The third-order valence-electron chi connectivity index (χ3n) is 2.12. The number of aromatic nitrogens is 1. The van der Waals surface area contributed by atoms with Crippen LogP contribution < -0.4 is 5.32 Å². The van der Waals surface area contributed by atoms with Crippen LogP contribution in [0.15, 0.2) is 21.2 Å². The summed E-state index contributed by atoms with van der Waals surface area (Å²) in [4.78, 5) is 4.33. The molecular weight excluding hydrogens is 336 g/mol. The molecule has 0 aliphatic heterocycles. The number of hydrogen-bond acceptors (Lipinski definition) is 3. The molecule has 1 heterocycles. The molecule has 0 bridgehead atoms. The van der Waals surface area contributed by atoms with Crippen molar-refractivity contribution in [2.24, 2.45) is 5.92 Å². The Labute approximate surface area is 113 Å². The van der Waals surface area contributed by atoms with Crippen molar-refractivity contribution < 1.29 is 4.74 Å². The molecule has 5 heteroatoms. The molecule has 1 unspecified atom stereocenters. The first-order valence-corrected chi connectivity index (χ1v) is 6.71. The Bertz CT molecular complexity index is 334. The molecule has 0 saturated heterocycles. The van der Waals surface area contributed by atoms with Gasteiger partial charge in [0.15, 0.2) is 0 Å². The van der Waals surface area contributed by atoms with Crippen molar-refractivity contribution in [3.63, 3.8) is 0 Å². The van der Waals surface area contributed by atoms with E-state index in [1.54, 1.807) is 13.3 Å². The average Bonchev–Trinajstić information content (AvgIpc) is 2.22. The van der Waals surface area contributed by atoms with Crippen LogP contribution in [-0.4, -0.2) is 25.2 Å². The molecule has 0 radical (unpaired) electrons. The minimum Gasteiger partial charge on any atom is -0.384 e. The van der Waals surface area contributed by atoms with Gasteiger partial charge in [-0.15, -0.1) is 0 Å². The second-order valence-electron chi connectivity index (χ2n) is 3.77. The second kappa shape index (κ2) is 7.37. The Hall–Kier alpha value is 0.0300. The first kappa shape index (κ1) is 14.1. The maximum Gasteiger partial charge on any atom is 0.0684 e. The number of rotatable bonds is 6. The number of nitrogens with zero attached hydrogens (tertiary/aromatic N) is 1. The van der Waals surface area contributed by atoms with Gasteiger partial charge in [-0.1, -0.05) is 6.92 Å². The first-order valence-electron chi connectivity index (χ1n) is 5.13. The van der Waals surface area contributed by atoms with Crippen LogP contribution in [0, 0.1) is 5.92 Å². The van der Waals surface area contributed by atoms with E-state index >= 15 is 0 Å². The zero-order chi connectivity index (χ0) is 12.0. The van der Waals surface area contributed by atoms with Gasteiger partial charge in [-0.25, -0.2) is 0 Å². The molecular formula is C11H16Br2N2O. The number of pyridine rings is 1. The maximum absolute atomic E-state index is 5.07. The van der Waals surface area contributed by atoms with Crippen molar-refractivity contribution in [2.45, 2.75) is 13.5 Å². The van der Waals surface area contributed by atoms with Crippen LogP contribution >= 0.6 is 31.9 Å². The van der Waals surface area contributed by atoms with Gasteiger partial charge in [-0.2, -0.15) is 0 Å². The highest BCUT2D eigenvalue weighted by atomic mass is 79.9. The van der Waals surface area contributed by atoms with Crippen molar-refractivity contribution in [3.05, 3.63) is 26.9 Å². The van der Waals surface area contributed by atoms with Gasteiger partial charge < -0.3 is 10.1 Å². The molecule has 1 aromatic rings. The molecule has 1 atom stereocenters. The third-order valence-corrected chi connectivity index (χ3v) is 3.24. The van der Waals surface area contributed by atoms with Gasteiger partial charge in [-0.3, -0.25) is 4.98 Å². The summed E-state index contributed by atoms with van der Waals surface area (Å²) < 4.78 is 7.08. The van der Waals surface area contributed by atoms with E-state index in [1.165, 1.54) is 0 Å². The Morgan fingerprint density at radius 2 is 2.25 bits per heavy atom. The lowest BCUT2D eigenvalue weighted by atomic mass is 10.2. The number of ether oxygens (including phenoxy) is 1. The van der Waals surface area contributed by atoms with Gasteiger partial charge in [0.25, 0.3) is 0 Å². The van der Waals surface area contributed by atoms with Crippen LogP contribution in [0.5, 0.6) is 0 Å². The standard InChI is InChI=1S/C11H16Br2N2O/c1-8(7-16-2)4-14-6-11-10(13)3-9(12)5-15-11/h3,5,8,14H,4,6-7H2,1-2H3. The summed E-state index contributed by atoms with van der Waals surface area (Å²) in [7, 11) is 1.73. The smallest absolute Gasteiger partial charge is 0.0684 e. The fraction of sp³-hybridized carbons (Fsp3) is 0.545. The lowest BCUT2D eigenvalue weighted by Crippen LogP contribution is -2.24. The van der Waals surface area contributed by atoms with Gasteiger partial charge in [0, 0.05) is 41.9 Å². The van der Waals surface area contributed by atoms with E-state index in [2.05, 4.69) is 49.1 Å². The molecule has 0 fully saturated rings. The van der Waals surface area contributed by atoms with E-state index in [1.807, 2.05) is 6.07 Å². The van der Waals surface area contributed by atoms with Crippen LogP contribution in [0.25, 0.3) is 0 Å². The highest BCUT2D eigenvalue weighted by molar-refractivity contribution is 9.11. The van der Waals surface area contributed by atoms with Gasteiger partial charge in [0.05, 0.1) is 5.69 Å². The van der Waals surface area contributed by atoms with Crippen molar-refractivity contribution in [1.29, 1.82) is 0 Å². The minimum absolute atomic E-state index is 0.513. The predicted molar refractivity (Wildman–Crippen MR) is 72.4 cm³/mol. The van der Waals surface area contributed by atoms with Crippen molar-refractivity contribution >= 4 is 31.9 Å². The summed E-state index contributed by atoms with van der Waals surface area (Å²) in [6.07, 6.45) is 1.81. The fourth-order valence-electron chi connectivity index (χ4n) is 1.35. The Morgan fingerprint density at radius 3 is 2.88 bits per heavy atom. The van der Waals surface area contributed by atoms with E-state index in [0.717, 1.165) is 34.3 Å². The maximum atomic E-state index is 5.07. The van der Waals surface area contributed by atoms with Crippen LogP contribution in [0.3, 0.4) is 0 Å². The van der Waals surface area contributed by atoms with E-state index in [0.29, 0.717) is 5.92 Å². The Kier molecular flexibility index (Phi) is 6.49. The quantitative estimate of drug-likeness (QED) is 0.855. The molecule has 0 aliphatic rings. The lowest BCUT2D eigenvalue weighted by Gasteiger charge is -2.11. The molecule has 16 heavy (non-hydrogen) atoms. The Morgan fingerprint density at radius 1 is 1.50 bits per heavy atom. The molecule has 0 saturated carbocycles. The average molecular weight is 352 g/mol. The highest BCUT2D eigenvalue weighted by Crippen LogP contribution is 2.19. The van der Waals surface area contributed by atoms with E-state index in [4.69, 9.17) is 4.74 Å². The largest absolute Gasteiger partial charge is 0.384 e. The summed E-state index contributed by atoms with van der Waals surface area (Å²) in [6.45, 7) is 4.63. The molecule has 3 nitrogen and oxygen atoms in total. The van der Waals surface area contributed by atoms with Crippen LogP contribution in [0.1, 0.15) is 12.6 Å². The topological polar surface area (TPSA) is 34.1 Å². The molecule has 0 aliphatic carbocycles. The predicted octanol–water partition coefficient (Wildman–Crippen LogP) is 2.98. The zero-order valence-corrected chi connectivity index (χ0v) is 12.6. The highest BCUT2D eigenvalue weighted by Gasteiger charge is 2.04. The lowest BCUT2D eigenvalue weighted by molar-refractivity contribution is 0.158. The molecule has 1 aromatic heterocycles. The fourth-order valence-corrected chi connectivity index (χ4v) is 2.48. The summed E-state index contributed by atoms with van der Waals surface area (Å²) in [6, 6.07) is 2.00. The molecule has 90 valence electrons. The number of nitrogens with one attached hydrogen (secondary N) is 1. The Balaban J connectivity index is 2.37. The van der Waals surface area contributed by atoms with Gasteiger partial charge >= 0.3 is 0 Å². The first-order chi connectivity index (χ1) is 7.63. The van der Waals surface area contributed by atoms with Crippen LogP contribution in [0.2, 0.25) is 0 Å². The van der Waals surface area contributed by atoms with Crippen LogP contribution in [0.4, 0.5) is 0 Å². The third kappa shape index (κ3) is 4.91. The molecule has 1 N–H and O–H groups in total. The van der Waals surface area contributed by atoms with E-state index in [9.17, 15) is 0 Å². The van der Waals surface area contributed by atoms with Gasteiger partial charge in [0.2, 0.25) is 0 Å². The molecule has 1 rings (SSSR count). The van der Waals surface area contributed by atoms with Crippen LogP contribution in [-0.2, 0) is 11.3 Å². The number of methoxy groups -OCH3 is 1. The molecule has 0 aromatic carbocycles. The van der Waals surface area contributed by atoms with Crippen molar-refractivity contribution in [2.75, 3.05) is 20.3 Å². The zero-order valence-electron chi connectivity index (χ0n) is 9.46. The summed E-state index contributed by atoms with van der Waals surface area (Å²) in [5.74, 6) is 0.513. The van der Waals surface area contributed by atoms with Gasteiger partial charge in [-0.05, 0) is 43.8 Å². The second-order valence-corrected chi connectivity index (χ2v) is 5.54.